The lowest BCUT2D eigenvalue weighted by molar-refractivity contribution is 0.230. The number of hydrogen-bond acceptors (Lipinski definition) is 3. The lowest BCUT2D eigenvalue weighted by Gasteiger charge is -2.26. The van der Waals surface area contributed by atoms with Crippen LogP contribution in [0.15, 0.2) is 34.9 Å². The van der Waals surface area contributed by atoms with Crippen molar-refractivity contribution in [3.8, 4) is 0 Å². The van der Waals surface area contributed by atoms with Gasteiger partial charge in [-0.3, -0.25) is 0 Å². The van der Waals surface area contributed by atoms with E-state index in [1.54, 1.807) is 0 Å². The van der Waals surface area contributed by atoms with Gasteiger partial charge >= 0.3 is 0 Å². The average molecular weight is 349 g/mol. The largest absolute Gasteiger partial charge is 0.392 e. The van der Waals surface area contributed by atoms with Crippen LogP contribution in [0.2, 0.25) is 0 Å². The fraction of sp³-hybridized carbons (Fsp3) is 0.727. The first-order chi connectivity index (χ1) is 12.1. The fourth-order valence-corrected chi connectivity index (χ4v) is 3.24. The fourth-order valence-electron chi connectivity index (χ4n) is 3.24. The number of aliphatic hydroxyl groups is 1. The van der Waals surface area contributed by atoms with Crippen LogP contribution in [0, 0.1) is 0 Å². The summed E-state index contributed by atoms with van der Waals surface area (Å²) in [5, 5.41) is 12.6. The van der Waals surface area contributed by atoms with Crippen LogP contribution in [-0.4, -0.2) is 49.3 Å². The summed E-state index contributed by atoms with van der Waals surface area (Å²) in [5.74, 6) is 0. The van der Waals surface area contributed by atoms with Gasteiger partial charge in [0.15, 0.2) is 0 Å². The molecule has 1 saturated heterocycles. The highest BCUT2D eigenvalue weighted by molar-refractivity contribution is 5.09. The van der Waals surface area contributed by atoms with E-state index in [9.17, 15) is 0 Å². The van der Waals surface area contributed by atoms with Crippen LogP contribution < -0.4 is 5.32 Å². The van der Waals surface area contributed by atoms with Crippen molar-refractivity contribution in [2.75, 3.05) is 39.3 Å². The minimum absolute atomic E-state index is 0.154. The average Bonchev–Trinajstić information content (AvgIpc) is 2.59. The molecule has 0 spiro atoms. The van der Waals surface area contributed by atoms with Crippen LogP contribution in [0.25, 0.3) is 0 Å². The summed E-state index contributed by atoms with van der Waals surface area (Å²) < 4.78 is 0. The lowest BCUT2D eigenvalue weighted by Crippen LogP contribution is -2.36. The van der Waals surface area contributed by atoms with Crippen LogP contribution in [-0.2, 0) is 0 Å². The van der Waals surface area contributed by atoms with E-state index in [-0.39, 0.29) is 6.61 Å². The molecule has 3 nitrogen and oxygen atoms in total. The molecular formula is C22H40N2O. The number of piperidine rings is 1. The molecule has 1 rings (SSSR count). The highest BCUT2D eigenvalue weighted by Gasteiger charge is 2.08. The minimum atomic E-state index is 0.154. The SMILES string of the molecule is CC(C)=CCCC(=CCCC(C)=CCO)CNCCN1CCCCC1. The zero-order valence-electron chi connectivity index (χ0n) is 16.8. The summed E-state index contributed by atoms with van der Waals surface area (Å²) in [6.45, 7) is 12.4. The second-order valence-corrected chi connectivity index (χ2v) is 7.53. The molecule has 0 atom stereocenters. The van der Waals surface area contributed by atoms with E-state index in [2.05, 4.69) is 43.1 Å². The van der Waals surface area contributed by atoms with Gasteiger partial charge in [-0.15, -0.1) is 0 Å². The maximum atomic E-state index is 8.95. The van der Waals surface area contributed by atoms with Gasteiger partial charge in [0.1, 0.15) is 0 Å². The summed E-state index contributed by atoms with van der Waals surface area (Å²) in [4.78, 5) is 2.59. The maximum absolute atomic E-state index is 8.95. The second-order valence-electron chi connectivity index (χ2n) is 7.53. The van der Waals surface area contributed by atoms with Crippen LogP contribution >= 0.6 is 0 Å². The molecule has 0 aromatic heterocycles. The van der Waals surface area contributed by atoms with Crippen molar-refractivity contribution < 1.29 is 5.11 Å². The summed E-state index contributed by atoms with van der Waals surface area (Å²) >= 11 is 0. The van der Waals surface area contributed by atoms with E-state index >= 15 is 0 Å². The Bertz CT molecular complexity index is 427. The highest BCUT2D eigenvalue weighted by atomic mass is 16.2. The molecule has 1 fully saturated rings. The minimum Gasteiger partial charge on any atom is -0.392 e. The van der Waals surface area contributed by atoms with Crippen LogP contribution in [0.4, 0.5) is 0 Å². The van der Waals surface area contributed by atoms with E-state index in [1.807, 2.05) is 6.08 Å². The molecular weight excluding hydrogens is 308 g/mol. The number of rotatable bonds is 12. The number of likely N-dealkylation sites (tertiary alicyclic amines) is 1. The molecule has 0 unspecified atom stereocenters. The second kappa shape index (κ2) is 14.3. The number of nitrogens with zero attached hydrogens (tertiary/aromatic N) is 1. The van der Waals surface area contributed by atoms with E-state index in [0.717, 1.165) is 38.8 Å². The van der Waals surface area contributed by atoms with E-state index in [0.29, 0.717) is 0 Å². The molecule has 0 aliphatic carbocycles. The first-order valence-electron chi connectivity index (χ1n) is 10.1. The van der Waals surface area contributed by atoms with Crippen molar-refractivity contribution in [3.05, 3.63) is 34.9 Å². The molecule has 1 aliphatic heterocycles. The number of allylic oxidation sites excluding steroid dienone is 4. The Hall–Kier alpha value is -0.900. The molecule has 0 radical (unpaired) electrons. The zero-order valence-corrected chi connectivity index (χ0v) is 16.8. The van der Waals surface area contributed by atoms with Gasteiger partial charge in [0.25, 0.3) is 0 Å². The Morgan fingerprint density at radius 3 is 2.36 bits per heavy atom. The van der Waals surface area contributed by atoms with Crippen molar-refractivity contribution in [2.24, 2.45) is 0 Å². The first kappa shape index (κ1) is 22.1. The number of hydrogen-bond donors (Lipinski definition) is 2. The van der Waals surface area contributed by atoms with Crippen LogP contribution in [0.3, 0.4) is 0 Å². The quantitative estimate of drug-likeness (QED) is 0.404. The zero-order chi connectivity index (χ0) is 18.3. The molecule has 0 aromatic carbocycles. The topological polar surface area (TPSA) is 35.5 Å². The van der Waals surface area contributed by atoms with Crippen LogP contribution in [0.1, 0.15) is 65.7 Å². The summed E-state index contributed by atoms with van der Waals surface area (Å²) in [5.41, 5.74) is 4.20. The predicted octanol–water partition coefficient (Wildman–Crippen LogP) is 4.45. The smallest absolute Gasteiger partial charge is 0.0614 e. The summed E-state index contributed by atoms with van der Waals surface area (Å²) in [7, 11) is 0. The Kier molecular flexibility index (Phi) is 12.7. The first-order valence-corrected chi connectivity index (χ1v) is 10.1. The molecule has 0 aromatic rings. The normalized spacial score (nSPS) is 17.0. The van der Waals surface area contributed by atoms with Gasteiger partial charge in [0, 0.05) is 19.6 Å². The third kappa shape index (κ3) is 12.1. The monoisotopic (exact) mass is 348 g/mol. The van der Waals surface area contributed by atoms with E-state index in [4.69, 9.17) is 5.11 Å². The summed E-state index contributed by atoms with van der Waals surface area (Å²) in [6, 6.07) is 0. The lowest BCUT2D eigenvalue weighted by atomic mass is 10.0. The summed E-state index contributed by atoms with van der Waals surface area (Å²) in [6.07, 6.45) is 15.2. The molecule has 0 amide bonds. The van der Waals surface area contributed by atoms with Gasteiger partial charge in [-0.1, -0.05) is 41.4 Å². The third-order valence-electron chi connectivity index (χ3n) is 4.84. The standard InChI is InChI=1S/C22H40N2O/c1-20(2)9-7-11-22(12-8-10-21(3)13-18-25)19-23-14-17-24-15-5-4-6-16-24/h9,12-13,23,25H,4-8,10-11,14-19H2,1-3H3. The van der Waals surface area contributed by atoms with Crippen molar-refractivity contribution in [3.63, 3.8) is 0 Å². The molecule has 25 heavy (non-hydrogen) atoms. The van der Waals surface area contributed by atoms with Crippen molar-refractivity contribution in [1.82, 2.24) is 10.2 Å². The Morgan fingerprint density at radius 1 is 0.960 bits per heavy atom. The van der Waals surface area contributed by atoms with Gasteiger partial charge in [0.05, 0.1) is 6.61 Å². The van der Waals surface area contributed by atoms with Gasteiger partial charge in [-0.05, 0) is 72.4 Å². The van der Waals surface area contributed by atoms with Gasteiger partial charge < -0.3 is 15.3 Å². The van der Waals surface area contributed by atoms with Gasteiger partial charge in [0.2, 0.25) is 0 Å². The predicted molar refractivity (Wildman–Crippen MR) is 110 cm³/mol. The Morgan fingerprint density at radius 2 is 1.68 bits per heavy atom. The molecule has 2 N–H and O–H groups in total. The van der Waals surface area contributed by atoms with Gasteiger partial charge in [-0.25, -0.2) is 0 Å². The molecule has 144 valence electrons. The molecule has 3 heteroatoms. The van der Waals surface area contributed by atoms with Crippen molar-refractivity contribution in [1.29, 1.82) is 0 Å². The van der Waals surface area contributed by atoms with E-state index in [1.165, 1.54) is 55.6 Å². The third-order valence-corrected chi connectivity index (χ3v) is 4.84. The van der Waals surface area contributed by atoms with Crippen LogP contribution in [0.5, 0.6) is 0 Å². The molecule has 1 aliphatic rings. The van der Waals surface area contributed by atoms with Crippen molar-refractivity contribution in [2.45, 2.75) is 65.7 Å². The molecule has 0 bridgehead atoms. The molecule has 1 heterocycles. The van der Waals surface area contributed by atoms with E-state index < -0.39 is 0 Å². The maximum Gasteiger partial charge on any atom is 0.0614 e. The number of aliphatic hydroxyl groups excluding tert-OH is 1. The van der Waals surface area contributed by atoms with Crippen molar-refractivity contribution >= 4 is 0 Å². The molecule has 0 saturated carbocycles. The Labute approximate surface area is 155 Å². The highest BCUT2D eigenvalue weighted by Crippen LogP contribution is 2.12. The number of nitrogens with one attached hydrogen (secondary N) is 1. The Balaban J connectivity index is 2.35. The van der Waals surface area contributed by atoms with Gasteiger partial charge in [-0.2, -0.15) is 0 Å².